The Labute approximate surface area is 281 Å². The average Bonchev–Trinajstić information content (AvgIpc) is 3.38. The van der Waals surface area contributed by atoms with Crippen molar-refractivity contribution in [2.45, 2.75) is 19.3 Å². The Morgan fingerprint density at radius 2 is 1.17 bits per heavy atom. The van der Waals surface area contributed by atoms with Gasteiger partial charge in [-0.25, -0.2) is 0 Å². The van der Waals surface area contributed by atoms with Crippen molar-refractivity contribution in [1.29, 1.82) is 0 Å². The molecule has 2 nitrogen and oxygen atoms in total. The quantitative estimate of drug-likeness (QED) is 0.179. The van der Waals surface area contributed by atoms with Crippen molar-refractivity contribution in [3.8, 4) is 33.5 Å². The van der Waals surface area contributed by atoms with Crippen LogP contribution >= 0.6 is 0 Å². The van der Waals surface area contributed by atoms with Gasteiger partial charge in [0.25, 0.3) is 0 Å². The first kappa shape index (κ1) is 28.3. The largest absolute Gasteiger partial charge is 0.310 e. The molecule has 0 N–H and O–H groups in total. The van der Waals surface area contributed by atoms with Gasteiger partial charge in [-0.05, 0) is 98.1 Å². The normalized spacial score (nSPS) is 13.0. The first-order valence-corrected chi connectivity index (χ1v) is 16.6. The lowest BCUT2D eigenvalue weighted by Gasteiger charge is -2.29. The van der Waals surface area contributed by atoms with E-state index in [0.717, 1.165) is 28.3 Å². The lowest BCUT2D eigenvalue weighted by Crippen LogP contribution is -2.15. The maximum absolute atomic E-state index is 4.61. The highest BCUT2D eigenvalue weighted by atomic mass is 15.1. The van der Waals surface area contributed by atoms with E-state index in [2.05, 4.69) is 175 Å². The van der Waals surface area contributed by atoms with E-state index in [4.69, 9.17) is 0 Å². The van der Waals surface area contributed by atoms with Gasteiger partial charge in [0.15, 0.2) is 0 Å². The first-order chi connectivity index (χ1) is 23.6. The lowest BCUT2D eigenvalue weighted by molar-refractivity contribution is 0.660. The van der Waals surface area contributed by atoms with E-state index < -0.39 is 0 Å². The van der Waals surface area contributed by atoms with Crippen LogP contribution in [-0.4, -0.2) is 4.98 Å². The Bertz CT molecular complexity index is 2460. The third-order valence-corrected chi connectivity index (χ3v) is 10.1. The zero-order valence-electron chi connectivity index (χ0n) is 27.1. The molecule has 7 aromatic carbocycles. The van der Waals surface area contributed by atoms with Crippen LogP contribution in [0, 0.1) is 0 Å². The summed E-state index contributed by atoms with van der Waals surface area (Å²) in [5.74, 6) is 0. The Kier molecular flexibility index (Phi) is 6.51. The molecule has 0 atom stereocenters. The smallest absolute Gasteiger partial charge is 0.0701 e. The molecule has 1 aromatic heterocycles. The molecule has 8 aromatic rings. The lowest BCUT2D eigenvalue weighted by atomic mass is 9.82. The Balaban J connectivity index is 1.30. The fraction of sp³-hybridized carbons (Fsp3) is 0.0652. The molecule has 0 radical (unpaired) electrons. The number of anilines is 3. The summed E-state index contributed by atoms with van der Waals surface area (Å²) in [7, 11) is 0. The summed E-state index contributed by atoms with van der Waals surface area (Å²) in [5, 5.41) is 4.92. The van der Waals surface area contributed by atoms with Crippen molar-refractivity contribution in [3.63, 3.8) is 0 Å². The van der Waals surface area contributed by atoms with E-state index in [1.54, 1.807) is 0 Å². The van der Waals surface area contributed by atoms with Crippen LogP contribution in [0.4, 0.5) is 17.1 Å². The number of aromatic nitrogens is 1. The molecule has 2 heteroatoms. The van der Waals surface area contributed by atoms with E-state index in [-0.39, 0.29) is 5.41 Å². The van der Waals surface area contributed by atoms with E-state index in [1.165, 1.54) is 54.9 Å². The predicted molar refractivity (Wildman–Crippen MR) is 202 cm³/mol. The van der Waals surface area contributed by atoms with Crippen LogP contribution in [0.1, 0.15) is 25.0 Å². The standard InChI is InChI=1S/C46H34N2/c1-46(2)42-17-9-8-16-38(42)41-30-36(24-26-43(41)46)48(35-22-19-32(20-23-35)44-18-10-11-27-47-44)45-29-34-14-6-7-15-37(34)40-28-33(21-25-39(40)45)31-12-4-3-5-13-31/h3-30H,1-2H3. The van der Waals surface area contributed by atoms with Crippen molar-refractivity contribution >= 4 is 38.6 Å². The van der Waals surface area contributed by atoms with Crippen LogP contribution in [0.15, 0.2) is 170 Å². The molecule has 48 heavy (non-hydrogen) atoms. The Morgan fingerprint density at radius 3 is 2.00 bits per heavy atom. The molecule has 0 unspecified atom stereocenters. The second-order valence-electron chi connectivity index (χ2n) is 13.2. The number of pyridine rings is 1. The van der Waals surface area contributed by atoms with Crippen molar-refractivity contribution in [2.75, 3.05) is 4.90 Å². The average molecular weight is 615 g/mol. The minimum Gasteiger partial charge on any atom is -0.310 e. The molecular formula is C46H34N2. The fourth-order valence-corrected chi connectivity index (χ4v) is 7.67. The second-order valence-corrected chi connectivity index (χ2v) is 13.2. The molecule has 1 aliphatic rings. The molecule has 0 bridgehead atoms. The predicted octanol–water partition coefficient (Wildman–Crippen LogP) is 12.5. The summed E-state index contributed by atoms with van der Waals surface area (Å²) >= 11 is 0. The van der Waals surface area contributed by atoms with Crippen LogP contribution in [0.2, 0.25) is 0 Å². The molecule has 1 aliphatic carbocycles. The number of nitrogens with zero attached hydrogens (tertiary/aromatic N) is 2. The molecule has 0 saturated heterocycles. The molecule has 0 spiro atoms. The highest BCUT2D eigenvalue weighted by Gasteiger charge is 2.35. The number of fused-ring (bicyclic) bond motifs is 6. The summed E-state index contributed by atoms with van der Waals surface area (Å²) < 4.78 is 0. The summed E-state index contributed by atoms with van der Waals surface area (Å²) in [4.78, 5) is 7.05. The van der Waals surface area contributed by atoms with E-state index in [0.29, 0.717) is 0 Å². The fourth-order valence-electron chi connectivity index (χ4n) is 7.67. The molecule has 0 saturated carbocycles. The second kappa shape index (κ2) is 11.1. The zero-order chi connectivity index (χ0) is 32.2. The monoisotopic (exact) mass is 614 g/mol. The first-order valence-electron chi connectivity index (χ1n) is 16.6. The van der Waals surface area contributed by atoms with Gasteiger partial charge in [-0.3, -0.25) is 4.98 Å². The third-order valence-electron chi connectivity index (χ3n) is 10.1. The molecule has 0 fully saturated rings. The number of rotatable bonds is 5. The minimum absolute atomic E-state index is 0.0525. The minimum atomic E-state index is -0.0525. The highest BCUT2D eigenvalue weighted by Crippen LogP contribution is 2.51. The van der Waals surface area contributed by atoms with Crippen molar-refractivity contribution in [3.05, 3.63) is 181 Å². The van der Waals surface area contributed by atoms with Gasteiger partial charge in [-0.1, -0.05) is 129 Å². The molecule has 1 heterocycles. The molecule has 0 amide bonds. The van der Waals surface area contributed by atoms with Gasteiger partial charge in [0.2, 0.25) is 0 Å². The van der Waals surface area contributed by atoms with Gasteiger partial charge in [0.05, 0.1) is 11.4 Å². The summed E-state index contributed by atoms with van der Waals surface area (Å²) in [5.41, 5.74) is 13.2. The molecule has 228 valence electrons. The molecule has 9 rings (SSSR count). The SMILES string of the molecule is CC1(C)c2ccccc2-c2cc(N(c3ccc(-c4ccccn4)cc3)c3cc4ccccc4c4cc(-c5ccccc5)ccc34)ccc21. The maximum atomic E-state index is 4.61. The van der Waals surface area contributed by atoms with Crippen molar-refractivity contribution in [2.24, 2.45) is 0 Å². The van der Waals surface area contributed by atoms with Gasteiger partial charge < -0.3 is 4.90 Å². The van der Waals surface area contributed by atoms with Gasteiger partial charge in [-0.2, -0.15) is 0 Å². The Morgan fingerprint density at radius 1 is 0.458 bits per heavy atom. The topological polar surface area (TPSA) is 16.1 Å². The summed E-state index contributed by atoms with van der Waals surface area (Å²) in [6, 6.07) is 59.5. The molecule has 0 aliphatic heterocycles. The molecular weight excluding hydrogens is 581 g/mol. The number of hydrogen-bond acceptors (Lipinski definition) is 2. The highest BCUT2D eigenvalue weighted by molar-refractivity contribution is 6.15. The van der Waals surface area contributed by atoms with Crippen LogP contribution in [0.5, 0.6) is 0 Å². The summed E-state index contributed by atoms with van der Waals surface area (Å²) in [6.45, 7) is 4.68. The van der Waals surface area contributed by atoms with Gasteiger partial charge in [0, 0.05) is 33.9 Å². The number of benzene rings is 7. The third kappa shape index (κ3) is 4.52. The van der Waals surface area contributed by atoms with Gasteiger partial charge in [0.1, 0.15) is 0 Å². The maximum Gasteiger partial charge on any atom is 0.0701 e. The van der Waals surface area contributed by atoms with Crippen molar-refractivity contribution < 1.29 is 0 Å². The number of hydrogen-bond donors (Lipinski definition) is 0. The van der Waals surface area contributed by atoms with E-state index in [1.807, 2.05) is 18.3 Å². The summed E-state index contributed by atoms with van der Waals surface area (Å²) in [6.07, 6.45) is 1.85. The van der Waals surface area contributed by atoms with Gasteiger partial charge >= 0.3 is 0 Å². The Hall–Kier alpha value is -5.99. The van der Waals surface area contributed by atoms with Crippen molar-refractivity contribution in [1.82, 2.24) is 4.98 Å². The van der Waals surface area contributed by atoms with Crippen LogP contribution in [-0.2, 0) is 5.41 Å². The van der Waals surface area contributed by atoms with E-state index >= 15 is 0 Å². The van der Waals surface area contributed by atoms with Gasteiger partial charge in [-0.15, -0.1) is 0 Å². The van der Waals surface area contributed by atoms with Crippen LogP contribution in [0.3, 0.4) is 0 Å². The van der Waals surface area contributed by atoms with Crippen LogP contribution in [0.25, 0.3) is 55.1 Å². The zero-order valence-corrected chi connectivity index (χ0v) is 27.1. The van der Waals surface area contributed by atoms with E-state index in [9.17, 15) is 0 Å². The van der Waals surface area contributed by atoms with Crippen LogP contribution < -0.4 is 4.90 Å².